The van der Waals surface area contributed by atoms with Crippen molar-refractivity contribution in [3.63, 3.8) is 0 Å². The molecule has 31 heavy (non-hydrogen) atoms. The van der Waals surface area contributed by atoms with E-state index in [1.54, 1.807) is 6.92 Å². The van der Waals surface area contributed by atoms with Crippen LogP contribution in [-0.4, -0.2) is 93.4 Å². The largest absolute Gasteiger partial charge is 0.457 e. The van der Waals surface area contributed by atoms with Crippen LogP contribution in [0.15, 0.2) is 34.9 Å². The van der Waals surface area contributed by atoms with Crippen LogP contribution in [0.3, 0.4) is 0 Å². The Morgan fingerprint density at radius 1 is 1.16 bits per heavy atom. The number of fused-ring (bicyclic) bond motifs is 3. The average Bonchev–Trinajstić information content (AvgIpc) is 3.17. The van der Waals surface area contributed by atoms with Crippen molar-refractivity contribution < 1.29 is 49.3 Å². The van der Waals surface area contributed by atoms with Gasteiger partial charge in [-0.1, -0.05) is 6.58 Å². The molecule has 2 saturated heterocycles. The molecule has 170 valence electrons. The van der Waals surface area contributed by atoms with Gasteiger partial charge in [-0.2, -0.15) is 0 Å². The molecule has 0 aromatic heterocycles. The number of hydrogen-bond donors (Lipinski definition) is 5. The molecule has 4 rings (SSSR count). The Labute approximate surface area is 178 Å². The SMILES string of the molecule is C=C1C(=O)OC2C1CC(O)C(C)=C1C(=O)C=C(COC3OC(CO)C(O)C(O)C3O)C12. The zero-order chi connectivity index (χ0) is 22.6. The third-order valence-electron chi connectivity index (χ3n) is 6.64. The van der Waals surface area contributed by atoms with Crippen LogP contribution in [0, 0.1) is 11.8 Å². The van der Waals surface area contributed by atoms with Crippen molar-refractivity contribution in [1.29, 1.82) is 0 Å². The summed E-state index contributed by atoms with van der Waals surface area (Å²) >= 11 is 0. The number of esters is 1. The fourth-order valence-electron chi connectivity index (χ4n) is 4.81. The summed E-state index contributed by atoms with van der Waals surface area (Å²) in [6.45, 7) is 4.63. The molecule has 4 aliphatic rings. The number of rotatable bonds is 4. The summed E-state index contributed by atoms with van der Waals surface area (Å²) in [5, 5.41) is 49.8. The van der Waals surface area contributed by atoms with Gasteiger partial charge >= 0.3 is 5.97 Å². The van der Waals surface area contributed by atoms with Gasteiger partial charge in [0.15, 0.2) is 12.1 Å². The molecule has 0 spiro atoms. The molecule has 0 aromatic carbocycles. The Morgan fingerprint density at radius 2 is 1.87 bits per heavy atom. The summed E-state index contributed by atoms with van der Waals surface area (Å²) in [5.41, 5.74) is 1.54. The molecule has 0 saturated carbocycles. The van der Waals surface area contributed by atoms with Gasteiger partial charge in [0.2, 0.25) is 0 Å². The highest BCUT2D eigenvalue weighted by Crippen LogP contribution is 2.47. The maximum absolute atomic E-state index is 12.7. The Morgan fingerprint density at radius 3 is 2.55 bits per heavy atom. The van der Waals surface area contributed by atoms with Gasteiger partial charge in [0, 0.05) is 23.0 Å². The average molecular weight is 438 g/mol. The van der Waals surface area contributed by atoms with E-state index in [0.717, 1.165) is 0 Å². The second kappa shape index (κ2) is 8.21. The Hall–Kier alpha value is -1.92. The van der Waals surface area contributed by atoms with E-state index in [2.05, 4.69) is 6.58 Å². The molecule has 2 fully saturated rings. The third-order valence-corrected chi connectivity index (χ3v) is 6.64. The molecule has 10 nitrogen and oxygen atoms in total. The first-order valence-electron chi connectivity index (χ1n) is 10.1. The second-order valence-electron chi connectivity index (χ2n) is 8.42. The summed E-state index contributed by atoms with van der Waals surface area (Å²) < 4.78 is 16.5. The second-order valence-corrected chi connectivity index (χ2v) is 8.42. The van der Waals surface area contributed by atoms with Crippen molar-refractivity contribution in [2.75, 3.05) is 13.2 Å². The Balaban J connectivity index is 1.58. The van der Waals surface area contributed by atoms with Crippen LogP contribution >= 0.6 is 0 Å². The van der Waals surface area contributed by atoms with Gasteiger partial charge in [0.1, 0.15) is 30.5 Å². The Kier molecular flexibility index (Phi) is 5.90. The lowest BCUT2D eigenvalue weighted by Crippen LogP contribution is -2.59. The van der Waals surface area contributed by atoms with E-state index in [4.69, 9.17) is 14.2 Å². The van der Waals surface area contributed by atoms with Crippen LogP contribution in [-0.2, 0) is 23.8 Å². The van der Waals surface area contributed by atoms with Gasteiger partial charge in [-0.15, -0.1) is 0 Å². The lowest BCUT2D eigenvalue weighted by Gasteiger charge is -2.39. The Bertz CT molecular complexity index is 858. The third kappa shape index (κ3) is 3.58. The van der Waals surface area contributed by atoms with Crippen molar-refractivity contribution >= 4 is 11.8 Å². The molecular weight excluding hydrogens is 412 g/mol. The molecule has 0 aromatic rings. The molecule has 9 atom stereocenters. The quantitative estimate of drug-likeness (QED) is 0.248. The molecule has 2 aliphatic carbocycles. The van der Waals surface area contributed by atoms with Gasteiger partial charge in [0.05, 0.1) is 19.3 Å². The number of ketones is 1. The molecule has 0 radical (unpaired) electrons. The number of hydrogen-bond acceptors (Lipinski definition) is 10. The molecule has 2 aliphatic heterocycles. The lowest BCUT2D eigenvalue weighted by molar-refractivity contribution is -0.299. The summed E-state index contributed by atoms with van der Waals surface area (Å²) in [4.78, 5) is 24.9. The minimum absolute atomic E-state index is 0.204. The zero-order valence-electron chi connectivity index (χ0n) is 16.9. The first-order chi connectivity index (χ1) is 14.6. The van der Waals surface area contributed by atoms with Crippen LogP contribution in [0.4, 0.5) is 0 Å². The minimum Gasteiger partial charge on any atom is -0.457 e. The van der Waals surface area contributed by atoms with E-state index in [1.165, 1.54) is 6.08 Å². The first-order valence-corrected chi connectivity index (χ1v) is 10.1. The monoisotopic (exact) mass is 438 g/mol. The topological polar surface area (TPSA) is 163 Å². The zero-order valence-corrected chi connectivity index (χ0v) is 16.9. The number of ether oxygens (including phenoxy) is 3. The van der Waals surface area contributed by atoms with Crippen LogP contribution in [0.2, 0.25) is 0 Å². The molecule has 0 amide bonds. The molecule has 0 bridgehead atoms. The van der Waals surface area contributed by atoms with E-state index in [-0.39, 0.29) is 24.4 Å². The summed E-state index contributed by atoms with van der Waals surface area (Å²) in [6, 6.07) is 0. The van der Waals surface area contributed by atoms with Gasteiger partial charge in [0.25, 0.3) is 0 Å². The van der Waals surface area contributed by atoms with E-state index >= 15 is 0 Å². The van der Waals surface area contributed by atoms with Gasteiger partial charge in [-0.25, -0.2) is 4.79 Å². The van der Waals surface area contributed by atoms with Crippen LogP contribution < -0.4 is 0 Å². The van der Waals surface area contributed by atoms with E-state index in [1.807, 2.05) is 0 Å². The standard InChI is InChI=1S/C21H26O10/c1-7-10-4-11(23)8(2)14-12(24)3-9(15(14)19(10)31-20(7)28)6-29-21-18(27)17(26)16(25)13(5-22)30-21/h3,10-11,13,15-19,21-23,25-27H,1,4-6H2,2H3. The lowest BCUT2D eigenvalue weighted by atomic mass is 9.83. The van der Waals surface area contributed by atoms with Gasteiger partial charge < -0.3 is 39.7 Å². The number of allylic oxidation sites excluding steroid dienone is 1. The van der Waals surface area contributed by atoms with Gasteiger partial charge in [-0.05, 0) is 30.6 Å². The normalized spacial score (nSPS) is 42.8. The predicted molar refractivity (Wildman–Crippen MR) is 102 cm³/mol. The van der Waals surface area contributed by atoms with Crippen molar-refractivity contribution in [3.05, 3.63) is 34.9 Å². The van der Waals surface area contributed by atoms with Crippen LogP contribution in [0.5, 0.6) is 0 Å². The highest BCUT2D eigenvalue weighted by molar-refractivity contribution is 6.09. The summed E-state index contributed by atoms with van der Waals surface area (Å²) in [5.74, 6) is -2.03. The number of carbonyl (C=O) groups excluding carboxylic acids is 2. The summed E-state index contributed by atoms with van der Waals surface area (Å²) in [7, 11) is 0. The highest BCUT2D eigenvalue weighted by Gasteiger charge is 2.52. The fraction of sp³-hybridized carbons (Fsp3) is 0.619. The molecule has 2 heterocycles. The van der Waals surface area contributed by atoms with Crippen molar-refractivity contribution in [3.8, 4) is 0 Å². The molecule has 10 heteroatoms. The minimum atomic E-state index is -1.59. The highest BCUT2D eigenvalue weighted by atomic mass is 16.7. The number of aliphatic hydroxyl groups excluding tert-OH is 5. The van der Waals surface area contributed by atoms with Crippen LogP contribution in [0.1, 0.15) is 13.3 Å². The first kappa shape index (κ1) is 22.3. The van der Waals surface area contributed by atoms with Crippen molar-refractivity contribution in [1.82, 2.24) is 0 Å². The van der Waals surface area contributed by atoms with Crippen molar-refractivity contribution in [2.45, 2.75) is 56.3 Å². The van der Waals surface area contributed by atoms with E-state index < -0.39 is 67.3 Å². The molecule has 9 unspecified atom stereocenters. The number of carbonyl (C=O) groups is 2. The maximum atomic E-state index is 12.7. The predicted octanol–water partition coefficient (Wildman–Crippen LogP) is -1.89. The van der Waals surface area contributed by atoms with Gasteiger partial charge in [-0.3, -0.25) is 4.79 Å². The molecule has 5 N–H and O–H groups in total. The fourth-order valence-corrected chi connectivity index (χ4v) is 4.81. The van der Waals surface area contributed by atoms with E-state index in [0.29, 0.717) is 16.7 Å². The maximum Gasteiger partial charge on any atom is 0.334 e. The smallest absolute Gasteiger partial charge is 0.334 e. The molecular formula is C21H26O10. The summed E-state index contributed by atoms with van der Waals surface area (Å²) in [6.07, 6.45) is -7.29. The van der Waals surface area contributed by atoms with Crippen molar-refractivity contribution in [2.24, 2.45) is 11.8 Å². The van der Waals surface area contributed by atoms with Crippen LogP contribution in [0.25, 0.3) is 0 Å². The number of aliphatic hydroxyl groups is 5. The van der Waals surface area contributed by atoms with E-state index in [9.17, 15) is 35.1 Å².